The van der Waals surface area contributed by atoms with Gasteiger partial charge in [0.05, 0.1) is 19.1 Å². The lowest BCUT2D eigenvalue weighted by Crippen LogP contribution is -2.54. The molecule has 1 fully saturated rings. The second-order valence-electron chi connectivity index (χ2n) is 13.2. The highest BCUT2D eigenvalue weighted by atomic mass is 28.4. The van der Waals surface area contributed by atoms with Crippen molar-refractivity contribution in [3.8, 4) is 35.2 Å². The van der Waals surface area contributed by atoms with Crippen LogP contribution in [0.2, 0.25) is 18.1 Å². The summed E-state index contributed by atoms with van der Waals surface area (Å²) in [5, 5.41) is 0. The lowest BCUT2D eigenvalue weighted by atomic mass is 9.90. The van der Waals surface area contributed by atoms with E-state index in [2.05, 4.69) is 50.5 Å². The summed E-state index contributed by atoms with van der Waals surface area (Å²) >= 11 is 0. The SMILES string of the molecule is CC[Si](CC)(CC)O[C@]12C=CC=C1C#C[C@]1([C@H](COC(=O)C(C)(C)C)OCc3ccc(OC)cc3)O[C@@H]1C#C[C@H]2Oc1ccccc1. The van der Waals surface area contributed by atoms with Crippen LogP contribution in [-0.4, -0.2) is 57.5 Å². The Morgan fingerprint density at radius 3 is 2.32 bits per heavy atom. The maximum absolute atomic E-state index is 12.9. The third-order valence-electron chi connectivity index (χ3n) is 9.18. The van der Waals surface area contributed by atoms with Crippen LogP contribution in [0.5, 0.6) is 11.5 Å². The van der Waals surface area contributed by atoms with E-state index < -0.39 is 43.2 Å². The lowest BCUT2D eigenvalue weighted by molar-refractivity contribution is -0.159. The average molecular weight is 655 g/mol. The van der Waals surface area contributed by atoms with Crippen molar-refractivity contribution in [2.24, 2.45) is 5.41 Å². The normalized spacial score (nSPS) is 24.8. The summed E-state index contributed by atoms with van der Waals surface area (Å²) in [4.78, 5) is 12.9. The first-order chi connectivity index (χ1) is 22.5. The largest absolute Gasteiger partial charge is 0.497 e. The zero-order valence-electron chi connectivity index (χ0n) is 28.6. The zero-order chi connectivity index (χ0) is 33.7. The predicted molar refractivity (Wildman–Crippen MR) is 184 cm³/mol. The van der Waals surface area contributed by atoms with E-state index in [-0.39, 0.29) is 19.2 Å². The number of epoxide rings is 1. The third kappa shape index (κ3) is 7.37. The summed E-state index contributed by atoms with van der Waals surface area (Å²) in [5.74, 6) is 14.7. The molecule has 1 aliphatic heterocycles. The summed E-state index contributed by atoms with van der Waals surface area (Å²) in [6.07, 6.45) is 4.04. The number of allylic oxidation sites excluding steroid dienone is 2. The molecule has 0 N–H and O–H groups in total. The van der Waals surface area contributed by atoms with Crippen molar-refractivity contribution in [3.63, 3.8) is 0 Å². The molecule has 2 aromatic carbocycles. The number of carbonyl (C=O) groups excluding carboxylic acids is 1. The molecule has 248 valence electrons. The molecule has 0 unspecified atom stereocenters. The number of hydrogen-bond acceptors (Lipinski definition) is 7. The van der Waals surface area contributed by atoms with Crippen molar-refractivity contribution >= 4 is 14.3 Å². The Morgan fingerprint density at radius 1 is 0.979 bits per heavy atom. The van der Waals surface area contributed by atoms with E-state index in [4.69, 9.17) is 28.1 Å². The molecule has 0 saturated carbocycles. The molecule has 0 aromatic heterocycles. The van der Waals surface area contributed by atoms with Gasteiger partial charge in [0.2, 0.25) is 0 Å². The molecular formula is C39H46O7Si. The summed E-state index contributed by atoms with van der Waals surface area (Å²) < 4.78 is 37.8. The molecule has 2 aliphatic carbocycles. The fourth-order valence-corrected chi connectivity index (χ4v) is 8.75. The van der Waals surface area contributed by atoms with Crippen molar-refractivity contribution < 1.29 is 32.9 Å². The highest BCUT2D eigenvalue weighted by Crippen LogP contribution is 2.45. The van der Waals surface area contributed by atoms with Gasteiger partial charge >= 0.3 is 5.97 Å². The Balaban J connectivity index is 1.54. The van der Waals surface area contributed by atoms with E-state index in [0.717, 1.165) is 35.0 Å². The molecule has 0 amide bonds. The van der Waals surface area contributed by atoms with Crippen molar-refractivity contribution in [1.82, 2.24) is 0 Å². The van der Waals surface area contributed by atoms with Crippen molar-refractivity contribution in [3.05, 3.63) is 84.0 Å². The van der Waals surface area contributed by atoms with Gasteiger partial charge in [-0.1, -0.05) is 80.9 Å². The van der Waals surface area contributed by atoms with E-state index in [1.165, 1.54) is 0 Å². The third-order valence-corrected chi connectivity index (χ3v) is 13.8. The Kier molecular flexibility index (Phi) is 10.4. The van der Waals surface area contributed by atoms with Gasteiger partial charge in [0.15, 0.2) is 31.7 Å². The van der Waals surface area contributed by atoms with E-state index in [9.17, 15) is 4.79 Å². The molecule has 7 nitrogen and oxygen atoms in total. The predicted octanol–water partition coefficient (Wildman–Crippen LogP) is 7.03. The second-order valence-corrected chi connectivity index (χ2v) is 17.9. The molecule has 0 radical (unpaired) electrons. The molecule has 5 rings (SSSR count). The number of esters is 1. The zero-order valence-corrected chi connectivity index (χ0v) is 29.6. The first-order valence-electron chi connectivity index (χ1n) is 16.5. The molecule has 2 aromatic rings. The fourth-order valence-electron chi connectivity index (χ4n) is 5.82. The maximum atomic E-state index is 12.9. The van der Waals surface area contributed by atoms with Crippen molar-refractivity contribution in [1.29, 1.82) is 0 Å². The molecule has 1 saturated heterocycles. The van der Waals surface area contributed by atoms with Gasteiger partial charge in [-0.2, -0.15) is 0 Å². The molecule has 1 heterocycles. The van der Waals surface area contributed by atoms with Crippen LogP contribution >= 0.6 is 0 Å². The second kappa shape index (κ2) is 14.1. The highest BCUT2D eigenvalue weighted by molar-refractivity contribution is 6.73. The van der Waals surface area contributed by atoms with Gasteiger partial charge in [0.25, 0.3) is 0 Å². The monoisotopic (exact) mass is 654 g/mol. The van der Waals surface area contributed by atoms with Gasteiger partial charge in [0, 0.05) is 5.57 Å². The number of carbonyl (C=O) groups is 1. The minimum absolute atomic E-state index is 0.0421. The molecular weight excluding hydrogens is 609 g/mol. The van der Waals surface area contributed by atoms with Gasteiger partial charge in [-0.3, -0.25) is 4.79 Å². The average Bonchev–Trinajstić information content (AvgIpc) is 3.63. The topological polar surface area (TPSA) is 75.8 Å². The van der Waals surface area contributed by atoms with Crippen LogP contribution in [0, 0.1) is 29.1 Å². The van der Waals surface area contributed by atoms with Crippen LogP contribution < -0.4 is 9.47 Å². The number of hydrogen-bond donors (Lipinski definition) is 0. The Labute approximate surface area is 280 Å². The number of benzene rings is 2. The summed E-state index contributed by atoms with van der Waals surface area (Å²) in [6, 6.07) is 20.2. The molecule has 0 bridgehead atoms. The first kappa shape index (κ1) is 34.5. The Morgan fingerprint density at radius 2 is 1.68 bits per heavy atom. The van der Waals surface area contributed by atoms with Crippen LogP contribution in [-0.2, 0) is 30.0 Å². The van der Waals surface area contributed by atoms with Crippen LogP contribution in [0.3, 0.4) is 0 Å². The summed E-state index contributed by atoms with van der Waals surface area (Å²) in [6.45, 7) is 12.3. The van der Waals surface area contributed by atoms with Crippen LogP contribution in [0.15, 0.2) is 78.4 Å². The van der Waals surface area contributed by atoms with Gasteiger partial charge in [0.1, 0.15) is 24.2 Å². The number of methoxy groups -OCH3 is 1. The van der Waals surface area contributed by atoms with Crippen molar-refractivity contribution in [2.45, 2.75) is 95.8 Å². The highest BCUT2D eigenvalue weighted by Gasteiger charge is 2.63. The molecule has 8 heteroatoms. The Bertz CT molecular complexity index is 1590. The number of para-hydroxylation sites is 1. The molecule has 3 aliphatic rings. The van der Waals surface area contributed by atoms with Gasteiger partial charge < -0.3 is 28.1 Å². The molecule has 0 spiro atoms. The van der Waals surface area contributed by atoms with Gasteiger partial charge in [-0.25, -0.2) is 0 Å². The van der Waals surface area contributed by atoms with Gasteiger partial charge in [-0.15, -0.1) is 0 Å². The Hall–Kier alpha value is -3.79. The minimum Gasteiger partial charge on any atom is -0.497 e. The fraction of sp³-hybridized carbons (Fsp3) is 0.462. The minimum atomic E-state index is -2.19. The van der Waals surface area contributed by atoms with Gasteiger partial charge in [-0.05, 0) is 80.9 Å². The smallest absolute Gasteiger partial charge is 0.311 e. The van der Waals surface area contributed by atoms with E-state index in [1.807, 2.05) is 87.5 Å². The standard InChI is InChI=1S/C39H46O7Si/c1-8-47(9-2,10-3)46-38-25-14-15-30(38)24-26-39(34(45-39)23-22-33(38)44-32-16-12-11-13-17-32)35(28-43-36(40)37(4,5)6)42-27-29-18-20-31(41-7)21-19-29/h11-21,25,33-35H,8-10,27-28H2,1-7H3/t33-,34-,35+,38-,39+/m1/s1. The number of rotatable bonds is 14. The summed E-state index contributed by atoms with van der Waals surface area (Å²) in [5.41, 5.74) is -1.10. The quantitative estimate of drug-likeness (QED) is 0.0937. The van der Waals surface area contributed by atoms with Crippen LogP contribution in [0.4, 0.5) is 0 Å². The lowest BCUT2D eigenvalue weighted by Gasteiger charge is -2.42. The molecule has 47 heavy (non-hydrogen) atoms. The van der Waals surface area contributed by atoms with Crippen LogP contribution in [0.1, 0.15) is 47.1 Å². The first-order valence-corrected chi connectivity index (χ1v) is 19.0. The van der Waals surface area contributed by atoms with E-state index in [1.54, 1.807) is 7.11 Å². The van der Waals surface area contributed by atoms with Crippen molar-refractivity contribution in [2.75, 3.05) is 13.7 Å². The maximum Gasteiger partial charge on any atom is 0.311 e. The van der Waals surface area contributed by atoms with E-state index in [0.29, 0.717) is 5.75 Å². The number of ether oxygens (including phenoxy) is 5. The molecule has 5 atom stereocenters. The summed E-state index contributed by atoms with van der Waals surface area (Å²) in [7, 11) is -0.561. The van der Waals surface area contributed by atoms with Crippen LogP contribution in [0.25, 0.3) is 0 Å². The number of fused-ring (bicyclic) bond motifs is 2. The van der Waals surface area contributed by atoms with E-state index >= 15 is 0 Å².